The van der Waals surface area contributed by atoms with Crippen LogP contribution in [-0.2, 0) is 11.2 Å². The van der Waals surface area contributed by atoms with E-state index in [1.54, 1.807) is 0 Å². The Morgan fingerprint density at radius 2 is 2.03 bits per heavy atom. The molecular weight excluding hydrogens is 388 g/mol. The number of anilines is 2. The first-order valence-corrected chi connectivity index (χ1v) is 11.2. The van der Waals surface area contributed by atoms with Gasteiger partial charge in [0.2, 0.25) is 0 Å². The zero-order valence-corrected chi connectivity index (χ0v) is 17.2. The number of aromatic nitrogens is 1. The minimum Gasteiger partial charge on any atom is -0.365 e. The molecule has 30 heavy (non-hydrogen) atoms. The fraction of sp³-hybridized carbons (Fsp3) is 0.682. The van der Waals surface area contributed by atoms with Crippen molar-refractivity contribution in [1.82, 2.24) is 15.2 Å². The highest BCUT2D eigenvalue weighted by Crippen LogP contribution is 2.44. The van der Waals surface area contributed by atoms with Crippen LogP contribution in [0.3, 0.4) is 0 Å². The number of nitrogens with one attached hydrogen (secondary N) is 1. The van der Waals surface area contributed by atoms with E-state index in [2.05, 4.69) is 37.1 Å². The number of pyridine rings is 1. The molecule has 0 aliphatic carbocycles. The molecule has 5 aliphatic rings. The van der Waals surface area contributed by atoms with Gasteiger partial charge in [0.15, 0.2) is 0 Å². The van der Waals surface area contributed by atoms with E-state index in [0.29, 0.717) is 44.0 Å². The Morgan fingerprint density at radius 1 is 1.20 bits per heavy atom. The molecule has 1 N–H and O–H groups in total. The van der Waals surface area contributed by atoms with Crippen molar-refractivity contribution in [1.29, 1.82) is 0 Å². The molecule has 3 fully saturated rings. The predicted octanol–water partition coefficient (Wildman–Crippen LogP) is 1.96. The molecular formula is C22H29F2N5O. The smallest absolute Gasteiger partial charge is 0.280 e. The molecule has 0 amide bonds. The number of halogens is 2. The number of alkyl halides is 2. The first kappa shape index (κ1) is 19.0. The number of nitrogens with zero attached hydrogens (tertiary/aromatic N) is 4. The summed E-state index contributed by atoms with van der Waals surface area (Å²) in [6.45, 7) is 7.17. The average Bonchev–Trinajstić information content (AvgIpc) is 3.16. The number of hydrogen-bond acceptors (Lipinski definition) is 6. The predicted molar refractivity (Wildman–Crippen MR) is 112 cm³/mol. The topological polar surface area (TPSA) is 43.9 Å². The lowest BCUT2D eigenvalue weighted by Crippen LogP contribution is -2.69. The van der Waals surface area contributed by atoms with Crippen LogP contribution >= 0.6 is 0 Å². The largest absolute Gasteiger partial charge is 0.365 e. The van der Waals surface area contributed by atoms with Crippen molar-refractivity contribution in [2.24, 2.45) is 0 Å². The minimum absolute atomic E-state index is 0.0161. The molecule has 0 aromatic carbocycles. The van der Waals surface area contributed by atoms with Crippen molar-refractivity contribution in [3.63, 3.8) is 0 Å². The van der Waals surface area contributed by atoms with Crippen LogP contribution < -0.4 is 15.1 Å². The summed E-state index contributed by atoms with van der Waals surface area (Å²) in [7, 11) is 0. The molecule has 1 aromatic heterocycles. The van der Waals surface area contributed by atoms with Crippen LogP contribution in [0.2, 0.25) is 0 Å². The van der Waals surface area contributed by atoms with E-state index in [1.165, 1.54) is 0 Å². The summed E-state index contributed by atoms with van der Waals surface area (Å²) in [5.74, 6) is 0.671. The highest BCUT2D eigenvalue weighted by atomic mass is 19.3. The molecule has 6 nitrogen and oxygen atoms in total. The number of hydrogen-bond donors (Lipinski definition) is 1. The fourth-order valence-electron chi connectivity index (χ4n) is 5.92. The number of piperazine rings is 1. The Kier molecular flexibility index (Phi) is 4.51. The van der Waals surface area contributed by atoms with Crippen LogP contribution in [-0.4, -0.2) is 80.0 Å². The van der Waals surface area contributed by atoms with Gasteiger partial charge in [0.25, 0.3) is 6.43 Å². The lowest BCUT2D eigenvalue weighted by Gasteiger charge is -2.55. The molecule has 0 bridgehead atoms. The van der Waals surface area contributed by atoms with Gasteiger partial charge in [0, 0.05) is 62.1 Å². The van der Waals surface area contributed by atoms with Crippen LogP contribution in [0.5, 0.6) is 0 Å². The van der Waals surface area contributed by atoms with Crippen LogP contribution in [0.4, 0.5) is 20.3 Å². The molecule has 1 unspecified atom stereocenters. The summed E-state index contributed by atoms with van der Waals surface area (Å²) in [5, 5.41) is 3.42. The Labute approximate surface area is 175 Å². The zero-order chi connectivity index (χ0) is 20.3. The molecule has 162 valence electrons. The molecule has 2 atom stereocenters. The first-order valence-electron chi connectivity index (χ1n) is 11.2. The quantitative estimate of drug-likeness (QED) is 0.759. The molecule has 0 saturated carbocycles. The lowest BCUT2D eigenvalue weighted by atomic mass is 9.90. The van der Waals surface area contributed by atoms with Gasteiger partial charge in [-0.1, -0.05) is 12.2 Å². The van der Waals surface area contributed by atoms with Crippen LogP contribution in [0, 0.1) is 0 Å². The van der Waals surface area contributed by atoms with Gasteiger partial charge >= 0.3 is 0 Å². The SMILES string of the molecule is FC(F)c1nc(N2CC3(C=CCO3)C2)cc2c1CCC[C@H]1C(N3CCNCC3)CN21. The molecule has 6 rings (SSSR count). The van der Waals surface area contributed by atoms with Gasteiger partial charge in [-0.2, -0.15) is 0 Å². The van der Waals surface area contributed by atoms with E-state index in [1.807, 2.05) is 6.08 Å². The Balaban J connectivity index is 1.29. The maximum absolute atomic E-state index is 14.0. The second-order valence-corrected chi connectivity index (χ2v) is 9.26. The Bertz CT molecular complexity index is 850. The summed E-state index contributed by atoms with van der Waals surface area (Å²) >= 11 is 0. The third-order valence-corrected chi connectivity index (χ3v) is 7.54. The molecule has 1 spiro atoms. The van der Waals surface area contributed by atoms with Crippen molar-refractivity contribution in [3.05, 3.63) is 29.5 Å². The second kappa shape index (κ2) is 7.14. The Hall–Kier alpha value is -1.77. The number of ether oxygens (including phenoxy) is 1. The summed E-state index contributed by atoms with van der Waals surface area (Å²) < 4.78 is 33.8. The molecule has 5 aliphatic heterocycles. The van der Waals surface area contributed by atoms with Gasteiger partial charge in [-0.05, 0) is 19.3 Å². The fourth-order valence-corrected chi connectivity index (χ4v) is 5.92. The maximum atomic E-state index is 14.0. The van der Waals surface area contributed by atoms with E-state index in [-0.39, 0.29) is 11.3 Å². The van der Waals surface area contributed by atoms with Gasteiger partial charge in [0.05, 0.1) is 19.7 Å². The van der Waals surface area contributed by atoms with Crippen LogP contribution in [0.25, 0.3) is 0 Å². The maximum Gasteiger partial charge on any atom is 0.280 e. The second-order valence-electron chi connectivity index (χ2n) is 9.26. The van der Waals surface area contributed by atoms with E-state index in [0.717, 1.165) is 56.8 Å². The third kappa shape index (κ3) is 2.95. The van der Waals surface area contributed by atoms with Gasteiger partial charge < -0.3 is 19.9 Å². The minimum atomic E-state index is -2.54. The van der Waals surface area contributed by atoms with Crippen molar-refractivity contribution >= 4 is 11.5 Å². The van der Waals surface area contributed by atoms with E-state index in [4.69, 9.17) is 4.74 Å². The summed E-state index contributed by atoms with van der Waals surface area (Å²) in [6, 6.07) is 3.03. The van der Waals surface area contributed by atoms with E-state index in [9.17, 15) is 8.78 Å². The van der Waals surface area contributed by atoms with Crippen molar-refractivity contribution in [2.45, 2.75) is 43.4 Å². The lowest BCUT2D eigenvalue weighted by molar-refractivity contribution is 0.00350. The van der Waals surface area contributed by atoms with Crippen molar-refractivity contribution in [3.8, 4) is 0 Å². The zero-order valence-electron chi connectivity index (χ0n) is 17.2. The number of rotatable bonds is 3. The Morgan fingerprint density at radius 3 is 2.77 bits per heavy atom. The third-order valence-electron chi connectivity index (χ3n) is 7.54. The molecule has 1 aromatic rings. The van der Waals surface area contributed by atoms with Gasteiger partial charge in [-0.15, -0.1) is 0 Å². The summed E-state index contributed by atoms with van der Waals surface area (Å²) in [5.41, 5.74) is 1.50. The van der Waals surface area contributed by atoms with Crippen molar-refractivity contribution in [2.75, 3.05) is 62.2 Å². The molecule has 6 heterocycles. The van der Waals surface area contributed by atoms with Gasteiger partial charge in [-0.3, -0.25) is 4.90 Å². The van der Waals surface area contributed by atoms with Gasteiger partial charge in [0.1, 0.15) is 17.1 Å². The van der Waals surface area contributed by atoms with Gasteiger partial charge in [-0.25, -0.2) is 13.8 Å². The van der Waals surface area contributed by atoms with Crippen LogP contribution in [0.1, 0.15) is 30.5 Å². The highest BCUT2D eigenvalue weighted by molar-refractivity contribution is 5.66. The molecule has 3 saturated heterocycles. The standard InChI is InChI=1S/C22H29F2N5O/c23-21(24)20-15-3-1-4-16-18(27-8-6-25-7-9-27)12-29(16)17(15)11-19(26-20)28-13-22(14-28)5-2-10-30-22/h2,5,11,16,18,21,25H,1,3-4,6-10,12-14H2/t16-,18?/m0/s1. The molecule has 8 heteroatoms. The van der Waals surface area contributed by atoms with Crippen molar-refractivity contribution < 1.29 is 13.5 Å². The summed E-state index contributed by atoms with van der Waals surface area (Å²) in [4.78, 5) is 11.5. The van der Waals surface area contributed by atoms with E-state index >= 15 is 0 Å². The molecule has 0 radical (unpaired) electrons. The monoisotopic (exact) mass is 417 g/mol. The van der Waals surface area contributed by atoms with E-state index < -0.39 is 6.43 Å². The summed E-state index contributed by atoms with van der Waals surface area (Å²) in [6.07, 6.45) is 4.30. The average molecular weight is 418 g/mol. The first-order chi connectivity index (χ1) is 14.6. The highest BCUT2D eigenvalue weighted by Gasteiger charge is 2.47. The normalized spacial score (nSPS) is 30.1. The number of fused-ring (bicyclic) bond motifs is 3. The van der Waals surface area contributed by atoms with Crippen LogP contribution in [0.15, 0.2) is 18.2 Å².